The Morgan fingerprint density at radius 1 is 1.00 bits per heavy atom. The Bertz CT molecular complexity index is 785. The summed E-state index contributed by atoms with van der Waals surface area (Å²) >= 11 is 0. The minimum Gasteiger partial charge on any atom is -0.356 e. The Kier molecular flexibility index (Phi) is 7.29. The summed E-state index contributed by atoms with van der Waals surface area (Å²) in [5, 5.41) is 9.65. The predicted molar refractivity (Wildman–Crippen MR) is 115 cm³/mol. The number of carbonyl (C=O) groups is 1. The van der Waals surface area contributed by atoms with Crippen molar-refractivity contribution in [3.63, 3.8) is 0 Å². The van der Waals surface area contributed by atoms with Crippen molar-refractivity contribution in [3.05, 3.63) is 65.7 Å². The van der Waals surface area contributed by atoms with Crippen LogP contribution in [0.2, 0.25) is 0 Å². The minimum atomic E-state index is -0.0130. The summed E-state index contributed by atoms with van der Waals surface area (Å²) in [5.74, 6) is 0.766. The zero-order chi connectivity index (χ0) is 19.6. The lowest BCUT2D eigenvalue weighted by atomic mass is 10.1. The average molecular weight is 380 g/mol. The van der Waals surface area contributed by atoms with Crippen molar-refractivity contribution in [1.29, 1.82) is 0 Å². The summed E-state index contributed by atoms with van der Waals surface area (Å²) in [4.78, 5) is 18.4. The molecule has 2 amide bonds. The number of aliphatic imine (C=N–C) groups is 1. The van der Waals surface area contributed by atoms with Crippen LogP contribution in [0, 0.1) is 0 Å². The fourth-order valence-electron chi connectivity index (χ4n) is 3.26. The zero-order valence-electron chi connectivity index (χ0n) is 16.4. The molecule has 6 nitrogen and oxygen atoms in total. The number of hydrogen-bond acceptors (Lipinski definition) is 2. The van der Waals surface area contributed by atoms with Crippen LogP contribution in [-0.4, -0.2) is 43.6 Å². The van der Waals surface area contributed by atoms with E-state index in [9.17, 15) is 4.79 Å². The number of anilines is 1. The lowest BCUT2D eigenvalue weighted by Crippen LogP contribution is -2.37. The van der Waals surface area contributed by atoms with E-state index in [2.05, 4.69) is 45.2 Å². The molecule has 2 aromatic rings. The maximum absolute atomic E-state index is 12.2. The largest absolute Gasteiger partial charge is 0.356 e. The molecule has 0 bridgehead atoms. The van der Waals surface area contributed by atoms with Gasteiger partial charge in [-0.25, -0.2) is 4.79 Å². The van der Waals surface area contributed by atoms with Gasteiger partial charge in [-0.15, -0.1) is 0 Å². The first kappa shape index (κ1) is 19.7. The molecule has 0 aliphatic carbocycles. The first-order valence-electron chi connectivity index (χ1n) is 9.88. The van der Waals surface area contributed by atoms with Gasteiger partial charge >= 0.3 is 6.03 Å². The van der Waals surface area contributed by atoms with Crippen molar-refractivity contribution in [2.24, 2.45) is 4.99 Å². The standard InChI is InChI=1S/C22H29N5O/c1-23-21(24-13-12-18-8-3-2-4-9-18)25-17-19-10-7-11-20(16-19)26-22(28)27-14-5-6-15-27/h2-4,7-11,16H,5-6,12-15,17H2,1H3,(H,26,28)(H2,23,24,25). The molecular formula is C22H29N5O. The highest BCUT2D eigenvalue weighted by molar-refractivity contribution is 5.89. The fraction of sp³-hybridized carbons (Fsp3) is 0.364. The first-order chi connectivity index (χ1) is 13.7. The number of benzene rings is 2. The molecule has 1 aliphatic rings. The maximum Gasteiger partial charge on any atom is 0.321 e. The van der Waals surface area contributed by atoms with Crippen molar-refractivity contribution in [1.82, 2.24) is 15.5 Å². The second-order valence-corrected chi connectivity index (χ2v) is 6.91. The fourth-order valence-corrected chi connectivity index (χ4v) is 3.26. The Hall–Kier alpha value is -3.02. The quantitative estimate of drug-likeness (QED) is 0.533. The smallest absolute Gasteiger partial charge is 0.321 e. The van der Waals surface area contributed by atoms with E-state index in [4.69, 9.17) is 0 Å². The average Bonchev–Trinajstić information content (AvgIpc) is 3.27. The molecule has 6 heteroatoms. The minimum absolute atomic E-state index is 0.0130. The number of guanidine groups is 1. The highest BCUT2D eigenvalue weighted by Crippen LogP contribution is 2.14. The number of rotatable bonds is 6. The van der Waals surface area contributed by atoms with Gasteiger partial charge in [-0.1, -0.05) is 42.5 Å². The molecule has 1 saturated heterocycles. The van der Waals surface area contributed by atoms with Crippen LogP contribution in [-0.2, 0) is 13.0 Å². The van der Waals surface area contributed by atoms with Crippen molar-refractivity contribution in [3.8, 4) is 0 Å². The summed E-state index contributed by atoms with van der Waals surface area (Å²) in [5.41, 5.74) is 3.21. The Morgan fingerprint density at radius 3 is 2.50 bits per heavy atom. The second kappa shape index (κ2) is 10.3. The first-order valence-corrected chi connectivity index (χ1v) is 9.88. The number of urea groups is 1. The summed E-state index contributed by atoms with van der Waals surface area (Å²) in [7, 11) is 1.77. The number of likely N-dealkylation sites (tertiary alicyclic amines) is 1. The Balaban J connectivity index is 1.45. The topological polar surface area (TPSA) is 68.8 Å². The number of carbonyl (C=O) groups excluding carboxylic acids is 1. The molecule has 0 radical (unpaired) electrons. The molecule has 1 heterocycles. The molecule has 0 spiro atoms. The van der Waals surface area contributed by atoms with E-state index >= 15 is 0 Å². The third-order valence-electron chi connectivity index (χ3n) is 4.80. The number of nitrogens with one attached hydrogen (secondary N) is 3. The van der Waals surface area contributed by atoms with Crippen LogP contribution in [0.5, 0.6) is 0 Å². The van der Waals surface area contributed by atoms with Gasteiger partial charge in [0.05, 0.1) is 0 Å². The lowest BCUT2D eigenvalue weighted by molar-refractivity contribution is 0.222. The van der Waals surface area contributed by atoms with Crippen molar-refractivity contribution in [2.75, 3.05) is 32.0 Å². The van der Waals surface area contributed by atoms with Gasteiger partial charge in [0.1, 0.15) is 0 Å². The Labute approximate surface area is 167 Å². The molecule has 1 fully saturated rings. The van der Waals surface area contributed by atoms with Gasteiger partial charge in [0.2, 0.25) is 0 Å². The monoisotopic (exact) mass is 379 g/mol. The van der Waals surface area contributed by atoms with E-state index in [0.717, 1.165) is 56.1 Å². The molecule has 28 heavy (non-hydrogen) atoms. The van der Waals surface area contributed by atoms with Gasteiger partial charge < -0.3 is 20.9 Å². The summed E-state index contributed by atoms with van der Waals surface area (Å²) in [6.45, 7) is 3.14. The highest BCUT2D eigenvalue weighted by atomic mass is 16.2. The molecule has 0 saturated carbocycles. The van der Waals surface area contributed by atoms with E-state index in [1.807, 2.05) is 35.2 Å². The van der Waals surface area contributed by atoms with Crippen LogP contribution >= 0.6 is 0 Å². The van der Waals surface area contributed by atoms with Crippen LogP contribution in [0.25, 0.3) is 0 Å². The SMILES string of the molecule is CN=C(NCCc1ccccc1)NCc1cccc(NC(=O)N2CCCC2)c1. The molecule has 3 N–H and O–H groups in total. The summed E-state index contributed by atoms with van der Waals surface area (Å²) in [6.07, 6.45) is 3.13. The number of nitrogens with zero attached hydrogens (tertiary/aromatic N) is 2. The third-order valence-corrected chi connectivity index (χ3v) is 4.80. The molecular weight excluding hydrogens is 350 g/mol. The van der Waals surface area contributed by atoms with Crippen LogP contribution in [0.4, 0.5) is 10.5 Å². The second-order valence-electron chi connectivity index (χ2n) is 6.91. The van der Waals surface area contributed by atoms with Crippen LogP contribution in [0.3, 0.4) is 0 Å². The van der Waals surface area contributed by atoms with E-state index in [0.29, 0.717) is 6.54 Å². The predicted octanol–water partition coefficient (Wildman–Crippen LogP) is 3.22. The van der Waals surface area contributed by atoms with Crippen LogP contribution in [0.15, 0.2) is 59.6 Å². The highest BCUT2D eigenvalue weighted by Gasteiger charge is 2.17. The zero-order valence-corrected chi connectivity index (χ0v) is 16.4. The molecule has 3 rings (SSSR count). The van der Waals surface area contributed by atoms with Gasteiger partial charge in [0, 0.05) is 38.9 Å². The molecule has 0 atom stereocenters. The van der Waals surface area contributed by atoms with Crippen molar-refractivity contribution >= 4 is 17.7 Å². The van der Waals surface area contributed by atoms with Crippen LogP contribution < -0.4 is 16.0 Å². The summed E-state index contributed by atoms with van der Waals surface area (Å²) < 4.78 is 0. The van der Waals surface area contributed by atoms with Crippen molar-refractivity contribution in [2.45, 2.75) is 25.8 Å². The summed E-state index contributed by atoms with van der Waals surface area (Å²) in [6, 6.07) is 18.3. The van der Waals surface area contributed by atoms with Gasteiger partial charge in [-0.3, -0.25) is 4.99 Å². The van der Waals surface area contributed by atoms with Gasteiger partial charge in [0.25, 0.3) is 0 Å². The third kappa shape index (κ3) is 6.01. The van der Waals surface area contributed by atoms with E-state index in [1.54, 1.807) is 7.05 Å². The molecule has 1 aliphatic heterocycles. The van der Waals surface area contributed by atoms with E-state index in [1.165, 1.54) is 5.56 Å². The van der Waals surface area contributed by atoms with E-state index < -0.39 is 0 Å². The molecule has 0 aromatic heterocycles. The molecule has 148 valence electrons. The lowest BCUT2D eigenvalue weighted by Gasteiger charge is -2.17. The maximum atomic E-state index is 12.2. The normalized spacial score (nSPS) is 14.0. The molecule has 0 unspecified atom stereocenters. The van der Waals surface area contributed by atoms with Gasteiger partial charge in [0.15, 0.2) is 5.96 Å². The van der Waals surface area contributed by atoms with Crippen LogP contribution in [0.1, 0.15) is 24.0 Å². The van der Waals surface area contributed by atoms with Gasteiger partial charge in [-0.05, 0) is 42.5 Å². The van der Waals surface area contributed by atoms with E-state index in [-0.39, 0.29) is 6.03 Å². The Morgan fingerprint density at radius 2 is 1.75 bits per heavy atom. The van der Waals surface area contributed by atoms with Crippen molar-refractivity contribution < 1.29 is 4.79 Å². The molecule has 2 aromatic carbocycles. The van der Waals surface area contributed by atoms with Gasteiger partial charge in [-0.2, -0.15) is 0 Å². The number of amides is 2. The number of hydrogen-bond donors (Lipinski definition) is 3.